The van der Waals surface area contributed by atoms with E-state index < -0.39 is 0 Å². The maximum absolute atomic E-state index is 6.19. The number of halogens is 1. The minimum absolute atomic E-state index is 0. The number of hydrogen-bond donors (Lipinski definition) is 1. The van der Waals surface area contributed by atoms with Gasteiger partial charge in [0.15, 0.2) is 0 Å². The summed E-state index contributed by atoms with van der Waals surface area (Å²) in [6.07, 6.45) is 24.4. The maximum atomic E-state index is 6.19. The largest absolute Gasteiger partial charge is 1.00 e. The molecule has 3 heteroatoms. The normalized spacial score (nSPS) is 12.8. The van der Waals surface area contributed by atoms with Gasteiger partial charge in [0.1, 0.15) is 6.17 Å². The first-order valence-electron chi connectivity index (χ1n) is 11.6. The second-order valence-electron chi connectivity index (χ2n) is 8.78. The van der Waals surface area contributed by atoms with E-state index in [1.165, 1.54) is 109 Å². The minimum Gasteiger partial charge on any atom is -1.00 e. The van der Waals surface area contributed by atoms with E-state index in [0.29, 0.717) is 6.17 Å². The zero-order valence-electron chi connectivity index (χ0n) is 18.7. The first-order valence-corrected chi connectivity index (χ1v) is 11.6. The van der Waals surface area contributed by atoms with Crippen LogP contribution in [0.1, 0.15) is 123 Å². The maximum Gasteiger partial charge on any atom is 0.139 e. The number of hydrogen-bond acceptors (Lipinski definition) is 1. The van der Waals surface area contributed by atoms with Crippen LogP contribution in [0.2, 0.25) is 0 Å². The van der Waals surface area contributed by atoms with Gasteiger partial charge in [-0.1, -0.05) is 104 Å². The fraction of sp³-hybridized carbons (Fsp3) is 1.00. The molecule has 2 nitrogen and oxygen atoms in total. The smallest absolute Gasteiger partial charge is 0.139 e. The van der Waals surface area contributed by atoms with Crippen LogP contribution in [0.25, 0.3) is 0 Å². The fourth-order valence-electron chi connectivity index (χ4n) is 3.73. The lowest BCUT2D eigenvalue weighted by molar-refractivity contribution is -0.915. The van der Waals surface area contributed by atoms with Crippen LogP contribution in [0, 0.1) is 0 Å². The molecule has 26 heavy (non-hydrogen) atoms. The van der Waals surface area contributed by atoms with Crippen molar-refractivity contribution in [2.24, 2.45) is 5.73 Å². The van der Waals surface area contributed by atoms with Gasteiger partial charge >= 0.3 is 0 Å². The Labute approximate surface area is 177 Å². The van der Waals surface area contributed by atoms with Crippen molar-refractivity contribution in [3.63, 3.8) is 0 Å². The van der Waals surface area contributed by atoms with Crippen molar-refractivity contribution in [2.75, 3.05) is 20.6 Å². The van der Waals surface area contributed by atoms with Crippen molar-refractivity contribution in [3.8, 4) is 0 Å². The molecule has 0 fully saturated rings. The zero-order valence-corrected chi connectivity index (χ0v) is 20.3. The standard InChI is InChI=1S/C23H51N2.BrH/c1-5-7-8-9-10-11-12-13-14-15-16-17-18-19-20-21-22-25(3,4)23(24)6-2;/h23H,5-22,24H2,1-4H3;1H/q+1;/p-1. The van der Waals surface area contributed by atoms with E-state index in [9.17, 15) is 0 Å². The summed E-state index contributed by atoms with van der Waals surface area (Å²) in [5, 5.41) is 0. The molecular weight excluding hydrogens is 384 g/mol. The van der Waals surface area contributed by atoms with Crippen molar-refractivity contribution < 1.29 is 21.5 Å². The van der Waals surface area contributed by atoms with E-state index in [0.717, 1.165) is 10.9 Å². The summed E-state index contributed by atoms with van der Waals surface area (Å²) in [4.78, 5) is 0. The van der Waals surface area contributed by atoms with Gasteiger partial charge < -0.3 is 21.5 Å². The molecule has 0 aromatic carbocycles. The quantitative estimate of drug-likeness (QED) is 0.185. The highest BCUT2D eigenvalue weighted by atomic mass is 79.9. The molecule has 1 atom stereocenters. The second-order valence-corrected chi connectivity index (χ2v) is 8.78. The number of nitrogens with zero attached hydrogens (tertiary/aromatic N) is 1. The predicted octanol–water partition coefficient (Wildman–Crippen LogP) is 4.02. The molecule has 0 aromatic heterocycles. The number of unbranched alkanes of at least 4 members (excludes halogenated alkanes) is 15. The monoisotopic (exact) mass is 434 g/mol. The third kappa shape index (κ3) is 17.8. The van der Waals surface area contributed by atoms with Crippen molar-refractivity contribution >= 4 is 0 Å². The van der Waals surface area contributed by atoms with Crippen molar-refractivity contribution in [3.05, 3.63) is 0 Å². The fourth-order valence-corrected chi connectivity index (χ4v) is 3.73. The molecule has 0 amide bonds. The van der Waals surface area contributed by atoms with Gasteiger partial charge in [-0.2, -0.15) is 0 Å². The average Bonchev–Trinajstić information content (AvgIpc) is 2.60. The SMILES string of the molecule is CCCCCCCCCCCCCCCCCC[N+](C)(C)C(N)CC.[Br-]. The molecule has 1 unspecified atom stereocenters. The molecule has 0 aliphatic rings. The molecule has 0 radical (unpaired) electrons. The molecule has 0 heterocycles. The van der Waals surface area contributed by atoms with Gasteiger partial charge in [0.25, 0.3) is 0 Å². The lowest BCUT2D eigenvalue weighted by atomic mass is 10.0. The molecule has 0 bridgehead atoms. The lowest BCUT2D eigenvalue weighted by Gasteiger charge is -2.35. The molecule has 0 spiro atoms. The Morgan fingerprint density at radius 2 is 0.885 bits per heavy atom. The van der Waals surface area contributed by atoms with Gasteiger partial charge in [-0.05, 0) is 12.8 Å². The Bertz CT molecular complexity index is 269. The van der Waals surface area contributed by atoms with Crippen LogP contribution in [-0.4, -0.2) is 31.3 Å². The molecule has 0 saturated heterocycles. The van der Waals surface area contributed by atoms with Crippen LogP contribution in [0.3, 0.4) is 0 Å². The van der Waals surface area contributed by atoms with E-state index in [-0.39, 0.29) is 17.0 Å². The summed E-state index contributed by atoms with van der Waals surface area (Å²) in [6.45, 7) is 5.72. The number of nitrogens with two attached hydrogens (primary N) is 1. The van der Waals surface area contributed by atoms with Crippen molar-refractivity contribution in [1.82, 2.24) is 0 Å². The minimum atomic E-state index is 0. The number of rotatable bonds is 19. The third-order valence-corrected chi connectivity index (χ3v) is 5.90. The Kier molecular flexibility index (Phi) is 22.2. The first-order chi connectivity index (χ1) is 12.0. The first kappa shape index (κ1) is 28.6. The summed E-state index contributed by atoms with van der Waals surface area (Å²) in [5.74, 6) is 0. The summed E-state index contributed by atoms with van der Waals surface area (Å²) in [6, 6.07) is 0. The highest BCUT2D eigenvalue weighted by molar-refractivity contribution is 4.51. The van der Waals surface area contributed by atoms with Gasteiger partial charge in [-0.3, -0.25) is 5.73 Å². The molecular formula is C23H51BrN2. The van der Waals surface area contributed by atoms with Crippen LogP contribution in [0.4, 0.5) is 0 Å². The Hall–Kier alpha value is 0.400. The molecule has 0 aliphatic heterocycles. The molecule has 0 aromatic rings. The third-order valence-electron chi connectivity index (χ3n) is 5.90. The Balaban J connectivity index is 0. The van der Waals surface area contributed by atoms with E-state index in [4.69, 9.17) is 5.73 Å². The van der Waals surface area contributed by atoms with E-state index in [2.05, 4.69) is 27.9 Å². The van der Waals surface area contributed by atoms with Crippen LogP contribution in [-0.2, 0) is 0 Å². The molecule has 160 valence electrons. The highest BCUT2D eigenvalue weighted by Crippen LogP contribution is 2.14. The van der Waals surface area contributed by atoms with Crippen LogP contribution < -0.4 is 22.7 Å². The molecule has 0 aliphatic carbocycles. The van der Waals surface area contributed by atoms with Gasteiger partial charge in [0, 0.05) is 6.42 Å². The highest BCUT2D eigenvalue weighted by Gasteiger charge is 2.21. The summed E-state index contributed by atoms with van der Waals surface area (Å²) in [7, 11) is 4.55. The second kappa shape index (κ2) is 20.1. The molecule has 0 saturated carbocycles. The summed E-state index contributed by atoms with van der Waals surface area (Å²) in [5.41, 5.74) is 6.19. The van der Waals surface area contributed by atoms with Crippen molar-refractivity contribution in [2.45, 2.75) is 129 Å². The van der Waals surface area contributed by atoms with Crippen LogP contribution in [0.5, 0.6) is 0 Å². The lowest BCUT2D eigenvalue weighted by Crippen LogP contribution is -3.00. The Morgan fingerprint density at radius 3 is 1.19 bits per heavy atom. The summed E-state index contributed by atoms with van der Waals surface area (Å²) >= 11 is 0. The van der Waals surface area contributed by atoms with Gasteiger partial charge in [0.05, 0.1) is 20.6 Å². The van der Waals surface area contributed by atoms with Gasteiger partial charge in [-0.15, -0.1) is 0 Å². The summed E-state index contributed by atoms with van der Waals surface area (Å²) < 4.78 is 0.981. The van der Waals surface area contributed by atoms with Crippen LogP contribution in [0.15, 0.2) is 0 Å². The van der Waals surface area contributed by atoms with Gasteiger partial charge in [-0.25, -0.2) is 0 Å². The van der Waals surface area contributed by atoms with E-state index in [1.54, 1.807) is 0 Å². The van der Waals surface area contributed by atoms with E-state index in [1.807, 2.05) is 0 Å². The molecule has 0 rings (SSSR count). The number of quaternary nitrogens is 1. The topological polar surface area (TPSA) is 26.0 Å². The average molecular weight is 436 g/mol. The Morgan fingerprint density at radius 1 is 0.577 bits per heavy atom. The van der Waals surface area contributed by atoms with E-state index >= 15 is 0 Å². The molecule has 2 N–H and O–H groups in total. The van der Waals surface area contributed by atoms with Crippen molar-refractivity contribution in [1.29, 1.82) is 0 Å². The van der Waals surface area contributed by atoms with Gasteiger partial charge in [0.2, 0.25) is 0 Å². The van der Waals surface area contributed by atoms with Crippen LogP contribution >= 0.6 is 0 Å². The zero-order chi connectivity index (χ0) is 18.8. The predicted molar refractivity (Wildman–Crippen MR) is 115 cm³/mol.